The standard InChI is InChI=1S/C27H25N3O4/c1-17-12-13-24-23(14-17)26(33)30(22-11-7-10-21(15-22)19(3)31)27(34)29(24)16-25(32)28-18(2)20-8-5-4-6-9-20/h4-15,18H,16H2,1-3H3,(H,28,32)/t18-/m0/s1. The van der Waals surface area contributed by atoms with Crippen molar-refractivity contribution >= 4 is 22.6 Å². The maximum absolute atomic E-state index is 13.5. The van der Waals surface area contributed by atoms with Gasteiger partial charge in [0.25, 0.3) is 5.56 Å². The number of aromatic nitrogens is 2. The molecular formula is C27H25N3O4. The Morgan fingerprint density at radius 3 is 2.38 bits per heavy atom. The average molecular weight is 456 g/mol. The molecule has 34 heavy (non-hydrogen) atoms. The van der Waals surface area contributed by atoms with Crippen LogP contribution in [-0.2, 0) is 11.3 Å². The van der Waals surface area contributed by atoms with E-state index in [4.69, 9.17) is 0 Å². The third-order valence-corrected chi connectivity index (χ3v) is 5.79. The minimum atomic E-state index is -0.649. The highest BCUT2D eigenvalue weighted by Crippen LogP contribution is 2.15. The fourth-order valence-corrected chi connectivity index (χ4v) is 3.99. The van der Waals surface area contributed by atoms with Crippen LogP contribution in [0.5, 0.6) is 0 Å². The number of hydrogen-bond acceptors (Lipinski definition) is 4. The molecule has 4 aromatic rings. The zero-order valence-corrected chi connectivity index (χ0v) is 19.2. The number of nitrogens with zero attached hydrogens (tertiary/aromatic N) is 2. The average Bonchev–Trinajstić information content (AvgIpc) is 2.82. The molecule has 0 spiro atoms. The van der Waals surface area contributed by atoms with E-state index in [1.54, 1.807) is 36.4 Å². The summed E-state index contributed by atoms with van der Waals surface area (Å²) in [6, 6.07) is 20.8. The highest BCUT2D eigenvalue weighted by atomic mass is 16.2. The number of carbonyl (C=O) groups excluding carboxylic acids is 2. The molecule has 0 aliphatic heterocycles. The van der Waals surface area contributed by atoms with Crippen molar-refractivity contribution in [3.05, 3.63) is 110 Å². The van der Waals surface area contributed by atoms with Gasteiger partial charge >= 0.3 is 5.69 Å². The summed E-state index contributed by atoms with van der Waals surface area (Å²) in [5.41, 5.74) is 1.67. The van der Waals surface area contributed by atoms with Gasteiger partial charge in [-0.25, -0.2) is 9.36 Å². The molecule has 0 saturated heterocycles. The van der Waals surface area contributed by atoms with E-state index in [2.05, 4.69) is 5.32 Å². The number of aryl methyl sites for hydroxylation is 1. The monoisotopic (exact) mass is 455 g/mol. The second kappa shape index (κ2) is 9.31. The summed E-state index contributed by atoms with van der Waals surface area (Å²) >= 11 is 0. The van der Waals surface area contributed by atoms with Crippen molar-refractivity contribution in [1.29, 1.82) is 0 Å². The number of amides is 1. The fourth-order valence-electron chi connectivity index (χ4n) is 3.99. The summed E-state index contributed by atoms with van der Waals surface area (Å²) in [6.45, 7) is 4.87. The van der Waals surface area contributed by atoms with Crippen LogP contribution in [0.2, 0.25) is 0 Å². The second-order valence-corrected chi connectivity index (χ2v) is 8.34. The van der Waals surface area contributed by atoms with E-state index in [0.29, 0.717) is 16.5 Å². The molecule has 7 nitrogen and oxygen atoms in total. The molecule has 0 saturated carbocycles. The topological polar surface area (TPSA) is 90.2 Å². The molecule has 1 heterocycles. The Balaban J connectivity index is 1.82. The first-order chi connectivity index (χ1) is 16.3. The van der Waals surface area contributed by atoms with E-state index >= 15 is 0 Å². The van der Waals surface area contributed by atoms with Crippen LogP contribution in [-0.4, -0.2) is 20.8 Å². The van der Waals surface area contributed by atoms with Crippen molar-refractivity contribution in [1.82, 2.24) is 14.5 Å². The summed E-state index contributed by atoms with van der Waals surface area (Å²) in [5, 5.41) is 3.23. The first-order valence-electron chi connectivity index (χ1n) is 11.0. The molecule has 0 bridgehead atoms. The van der Waals surface area contributed by atoms with Gasteiger partial charge in [-0.2, -0.15) is 0 Å². The quantitative estimate of drug-likeness (QED) is 0.450. The van der Waals surface area contributed by atoms with E-state index in [0.717, 1.165) is 15.7 Å². The van der Waals surface area contributed by atoms with Crippen molar-refractivity contribution < 1.29 is 9.59 Å². The summed E-state index contributed by atoms with van der Waals surface area (Å²) in [4.78, 5) is 51.7. The number of ketones is 1. The van der Waals surface area contributed by atoms with Gasteiger partial charge in [0.1, 0.15) is 6.54 Å². The van der Waals surface area contributed by atoms with Crippen LogP contribution < -0.4 is 16.6 Å². The summed E-state index contributed by atoms with van der Waals surface area (Å²) in [6.07, 6.45) is 0. The van der Waals surface area contributed by atoms with Gasteiger partial charge < -0.3 is 5.32 Å². The molecule has 3 aromatic carbocycles. The molecular weight excluding hydrogens is 430 g/mol. The Morgan fingerprint density at radius 2 is 1.68 bits per heavy atom. The molecule has 0 unspecified atom stereocenters. The fraction of sp³-hybridized carbons (Fsp3) is 0.185. The van der Waals surface area contributed by atoms with Crippen LogP contribution in [0.3, 0.4) is 0 Å². The van der Waals surface area contributed by atoms with Crippen LogP contribution >= 0.6 is 0 Å². The summed E-state index contributed by atoms with van der Waals surface area (Å²) in [5.74, 6) is -0.538. The number of benzene rings is 3. The number of nitrogens with one attached hydrogen (secondary N) is 1. The van der Waals surface area contributed by atoms with E-state index in [1.165, 1.54) is 17.6 Å². The van der Waals surface area contributed by atoms with Crippen LogP contribution in [0.15, 0.2) is 82.4 Å². The molecule has 1 atom stereocenters. The Hall–Kier alpha value is -4.26. The van der Waals surface area contributed by atoms with Gasteiger partial charge in [0, 0.05) is 5.56 Å². The minimum absolute atomic E-state index is 0.180. The van der Waals surface area contributed by atoms with E-state index in [1.807, 2.05) is 44.2 Å². The van der Waals surface area contributed by atoms with Crippen LogP contribution in [0, 0.1) is 6.92 Å². The first kappa shape index (κ1) is 22.9. The van der Waals surface area contributed by atoms with E-state index in [-0.39, 0.29) is 30.0 Å². The zero-order chi connectivity index (χ0) is 24.4. The minimum Gasteiger partial charge on any atom is -0.348 e. The third-order valence-electron chi connectivity index (χ3n) is 5.79. The number of hydrogen-bond donors (Lipinski definition) is 1. The highest BCUT2D eigenvalue weighted by Gasteiger charge is 2.18. The van der Waals surface area contributed by atoms with Gasteiger partial charge in [0.05, 0.1) is 22.6 Å². The van der Waals surface area contributed by atoms with Crippen molar-refractivity contribution in [2.45, 2.75) is 33.4 Å². The van der Waals surface area contributed by atoms with E-state index in [9.17, 15) is 19.2 Å². The number of carbonyl (C=O) groups is 2. The molecule has 0 radical (unpaired) electrons. The molecule has 1 amide bonds. The number of fused-ring (bicyclic) bond motifs is 1. The Kier molecular flexibility index (Phi) is 6.27. The Bertz CT molecular complexity index is 1520. The van der Waals surface area contributed by atoms with Gasteiger partial charge in [-0.1, -0.05) is 54.1 Å². The predicted molar refractivity (Wildman–Crippen MR) is 132 cm³/mol. The molecule has 0 aliphatic carbocycles. The van der Waals surface area contributed by atoms with Gasteiger partial charge in [0.2, 0.25) is 5.91 Å². The molecule has 4 rings (SSSR count). The van der Waals surface area contributed by atoms with Gasteiger partial charge in [-0.15, -0.1) is 0 Å². The SMILES string of the molecule is CC(=O)c1cccc(-n2c(=O)c3cc(C)ccc3n(CC(=O)N[C@@H](C)c3ccccc3)c2=O)c1. The maximum atomic E-state index is 13.5. The van der Waals surface area contributed by atoms with Crippen LogP contribution in [0.4, 0.5) is 0 Å². The second-order valence-electron chi connectivity index (χ2n) is 8.34. The zero-order valence-electron chi connectivity index (χ0n) is 19.2. The predicted octanol–water partition coefficient (Wildman–Crippen LogP) is 3.54. The Morgan fingerprint density at radius 1 is 0.941 bits per heavy atom. The summed E-state index contributed by atoms with van der Waals surface area (Å²) in [7, 11) is 0. The molecule has 1 N–H and O–H groups in total. The molecule has 172 valence electrons. The van der Waals surface area contributed by atoms with Crippen molar-refractivity contribution in [2.75, 3.05) is 0 Å². The Labute approximate surface area is 196 Å². The number of Topliss-reactive ketones (excluding diaryl/α,β-unsaturated/α-hetero) is 1. The van der Waals surface area contributed by atoms with Crippen LogP contribution in [0.1, 0.15) is 41.4 Å². The number of rotatable bonds is 6. The van der Waals surface area contributed by atoms with Crippen molar-refractivity contribution in [3.63, 3.8) is 0 Å². The molecule has 0 aliphatic rings. The lowest BCUT2D eigenvalue weighted by Crippen LogP contribution is -2.42. The van der Waals surface area contributed by atoms with Crippen molar-refractivity contribution in [3.8, 4) is 5.69 Å². The normalized spacial score (nSPS) is 11.9. The van der Waals surface area contributed by atoms with Crippen LogP contribution in [0.25, 0.3) is 16.6 Å². The van der Waals surface area contributed by atoms with Crippen molar-refractivity contribution in [2.24, 2.45) is 0 Å². The maximum Gasteiger partial charge on any atom is 0.336 e. The first-order valence-corrected chi connectivity index (χ1v) is 11.0. The lowest BCUT2D eigenvalue weighted by atomic mass is 10.1. The highest BCUT2D eigenvalue weighted by molar-refractivity contribution is 5.94. The molecule has 7 heteroatoms. The van der Waals surface area contributed by atoms with E-state index < -0.39 is 11.2 Å². The lowest BCUT2D eigenvalue weighted by molar-refractivity contribution is -0.122. The molecule has 0 fully saturated rings. The van der Waals surface area contributed by atoms with Gasteiger partial charge in [-0.3, -0.25) is 19.0 Å². The molecule has 1 aromatic heterocycles. The summed E-state index contributed by atoms with van der Waals surface area (Å²) < 4.78 is 2.31. The van der Waals surface area contributed by atoms with Gasteiger partial charge in [0.15, 0.2) is 5.78 Å². The van der Waals surface area contributed by atoms with Gasteiger partial charge in [-0.05, 0) is 50.6 Å². The lowest BCUT2D eigenvalue weighted by Gasteiger charge is -2.17. The smallest absolute Gasteiger partial charge is 0.336 e. The largest absolute Gasteiger partial charge is 0.348 e. The third kappa shape index (κ3) is 4.45.